The number of hydrogen-bond donors (Lipinski definition) is 2. The van der Waals surface area contributed by atoms with E-state index in [9.17, 15) is 14.0 Å². The molecule has 2 N–H and O–H groups in total. The lowest BCUT2D eigenvalue weighted by molar-refractivity contribution is -0.125. The molecule has 1 rings (SSSR count). The standard InChI is InChI=1S/C15H21FN2O2S/c1-15(2,3)18-13(19)8-17-14(20)10-21-9-11-4-6-12(16)7-5-11/h4-7H,8-10H2,1-3H3,(H,17,20)(H,18,19). The van der Waals surface area contributed by atoms with Gasteiger partial charge in [-0.05, 0) is 38.5 Å². The molecule has 0 saturated heterocycles. The minimum Gasteiger partial charge on any atom is -0.350 e. The zero-order valence-corrected chi connectivity index (χ0v) is 13.3. The molecule has 0 saturated carbocycles. The fraction of sp³-hybridized carbons (Fsp3) is 0.467. The van der Waals surface area contributed by atoms with Crippen molar-refractivity contribution in [1.82, 2.24) is 10.6 Å². The summed E-state index contributed by atoms with van der Waals surface area (Å²) < 4.78 is 12.7. The van der Waals surface area contributed by atoms with E-state index < -0.39 is 0 Å². The fourth-order valence-electron chi connectivity index (χ4n) is 1.53. The van der Waals surface area contributed by atoms with Gasteiger partial charge in [-0.1, -0.05) is 12.1 Å². The molecule has 116 valence electrons. The molecule has 0 fully saturated rings. The lowest BCUT2D eigenvalue weighted by Crippen LogP contribution is -2.46. The van der Waals surface area contributed by atoms with Crippen molar-refractivity contribution < 1.29 is 14.0 Å². The Morgan fingerprint density at radius 1 is 1.14 bits per heavy atom. The number of thioether (sulfide) groups is 1. The Morgan fingerprint density at radius 3 is 2.33 bits per heavy atom. The van der Waals surface area contributed by atoms with Gasteiger partial charge in [0.15, 0.2) is 0 Å². The fourth-order valence-corrected chi connectivity index (χ4v) is 2.35. The molecule has 0 unspecified atom stereocenters. The highest BCUT2D eigenvalue weighted by Crippen LogP contribution is 2.12. The van der Waals surface area contributed by atoms with E-state index in [-0.39, 0.29) is 35.5 Å². The Balaban J connectivity index is 2.19. The van der Waals surface area contributed by atoms with Crippen molar-refractivity contribution in [3.8, 4) is 0 Å². The number of hydrogen-bond acceptors (Lipinski definition) is 3. The molecule has 0 radical (unpaired) electrons. The van der Waals surface area contributed by atoms with Gasteiger partial charge in [-0.15, -0.1) is 11.8 Å². The van der Waals surface area contributed by atoms with Crippen molar-refractivity contribution in [2.24, 2.45) is 0 Å². The molecule has 0 aromatic heterocycles. The molecule has 1 aromatic carbocycles. The van der Waals surface area contributed by atoms with Crippen LogP contribution >= 0.6 is 11.8 Å². The number of rotatable bonds is 6. The van der Waals surface area contributed by atoms with Crippen molar-refractivity contribution in [2.75, 3.05) is 12.3 Å². The van der Waals surface area contributed by atoms with Gasteiger partial charge in [0.25, 0.3) is 0 Å². The summed E-state index contributed by atoms with van der Waals surface area (Å²) in [6, 6.07) is 6.17. The maximum atomic E-state index is 12.7. The highest BCUT2D eigenvalue weighted by molar-refractivity contribution is 7.99. The first-order valence-electron chi connectivity index (χ1n) is 6.66. The average molecular weight is 312 g/mol. The third-order valence-electron chi connectivity index (χ3n) is 2.38. The highest BCUT2D eigenvalue weighted by Gasteiger charge is 2.14. The summed E-state index contributed by atoms with van der Waals surface area (Å²) in [6.45, 7) is 5.62. The summed E-state index contributed by atoms with van der Waals surface area (Å²) in [5, 5.41) is 5.33. The third-order valence-corrected chi connectivity index (χ3v) is 3.38. The van der Waals surface area contributed by atoms with Crippen molar-refractivity contribution >= 4 is 23.6 Å². The van der Waals surface area contributed by atoms with Crippen LogP contribution in [0.25, 0.3) is 0 Å². The molecular weight excluding hydrogens is 291 g/mol. The van der Waals surface area contributed by atoms with E-state index in [1.165, 1.54) is 23.9 Å². The van der Waals surface area contributed by atoms with Gasteiger partial charge in [0.05, 0.1) is 12.3 Å². The molecule has 0 aliphatic rings. The molecule has 0 aliphatic heterocycles. The summed E-state index contributed by atoms with van der Waals surface area (Å²) in [6.07, 6.45) is 0. The number of carbonyl (C=O) groups excluding carboxylic acids is 2. The largest absolute Gasteiger partial charge is 0.350 e. The van der Waals surface area contributed by atoms with Crippen LogP contribution in [0.3, 0.4) is 0 Å². The topological polar surface area (TPSA) is 58.2 Å². The first kappa shape index (κ1) is 17.5. The second-order valence-corrected chi connectivity index (χ2v) is 6.68. The van der Waals surface area contributed by atoms with Crippen LogP contribution in [0.15, 0.2) is 24.3 Å². The monoisotopic (exact) mass is 312 g/mol. The Kier molecular flexibility index (Phi) is 6.68. The lowest BCUT2D eigenvalue weighted by atomic mass is 10.1. The first-order valence-corrected chi connectivity index (χ1v) is 7.81. The number of halogens is 1. The van der Waals surface area contributed by atoms with Crippen molar-refractivity contribution in [2.45, 2.75) is 32.1 Å². The SMILES string of the molecule is CC(C)(C)NC(=O)CNC(=O)CSCc1ccc(F)cc1. The van der Waals surface area contributed by atoms with E-state index >= 15 is 0 Å². The highest BCUT2D eigenvalue weighted by atomic mass is 32.2. The Labute approximate surface area is 128 Å². The molecule has 0 bridgehead atoms. The van der Waals surface area contributed by atoms with E-state index in [1.54, 1.807) is 12.1 Å². The Bertz CT molecular complexity index is 483. The molecule has 6 heteroatoms. The smallest absolute Gasteiger partial charge is 0.239 e. The molecule has 0 aliphatic carbocycles. The van der Waals surface area contributed by atoms with Crippen LogP contribution < -0.4 is 10.6 Å². The quantitative estimate of drug-likeness (QED) is 0.845. The molecule has 0 heterocycles. The molecule has 0 spiro atoms. The number of amides is 2. The van der Waals surface area contributed by atoms with Crippen molar-refractivity contribution in [3.05, 3.63) is 35.6 Å². The van der Waals surface area contributed by atoms with E-state index in [0.29, 0.717) is 5.75 Å². The van der Waals surface area contributed by atoms with E-state index in [0.717, 1.165) is 5.56 Å². The zero-order valence-electron chi connectivity index (χ0n) is 12.5. The first-order chi connectivity index (χ1) is 9.76. The van der Waals surface area contributed by atoms with Gasteiger partial charge in [0.2, 0.25) is 11.8 Å². The number of nitrogens with one attached hydrogen (secondary N) is 2. The molecule has 4 nitrogen and oxygen atoms in total. The van der Waals surface area contributed by atoms with Gasteiger partial charge in [0.1, 0.15) is 5.82 Å². The molecule has 2 amide bonds. The van der Waals surface area contributed by atoms with Crippen LogP contribution in [0.2, 0.25) is 0 Å². The average Bonchev–Trinajstić information content (AvgIpc) is 2.37. The minimum absolute atomic E-state index is 0.0206. The van der Waals surface area contributed by atoms with E-state index in [1.807, 2.05) is 20.8 Å². The van der Waals surface area contributed by atoms with Crippen LogP contribution in [0, 0.1) is 5.82 Å². The summed E-state index contributed by atoms with van der Waals surface area (Å²) in [5.74, 6) is 0.221. The van der Waals surface area contributed by atoms with Crippen LogP contribution in [-0.4, -0.2) is 29.7 Å². The van der Waals surface area contributed by atoms with Crippen LogP contribution in [0.5, 0.6) is 0 Å². The Hall–Kier alpha value is -1.56. The third kappa shape index (κ3) is 8.34. The van der Waals surface area contributed by atoms with Gasteiger partial charge >= 0.3 is 0 Å². The zero-order chi connectivity index (χ0) is 15.9. The number of carbonyl (C=O) groups is 2. The summed E-state index contributed by atoms with van der Waals surface area (Å²) in [5.41, 5.74) is 0.652. The molecule has 21 heavy (non-hydrogen) atoms. The second kappa shape index (κ2) is 8.02. The number of benzene rings is 1. The van der Waals surface area contributed by atoms with Gasteiger partial charge in [-0.25, -0.2) is 4.39 Å². The van der Waals surface area contributed by atoms with Gasteiger partial charge < -0.3 is 10.6 Å². The van der Waals surface area contributed by atoms with Crippen LogP contribution in [0.1, 0.15) is 26.3 Å². The van der Waals surface area contributed by atoms with Gasteiger partial charge in [-0.2, -0.15) is 0 Å². The predicted molar refractivity (Wildman–Crippen MR) is 83.5 cm³/mol. The molecule has 0 atom stereocenters. The van der Waals surface area contributed by atoms with Crippen LogP contribution in [0.4, 0.5) is 4.39 Å². The van der Waals surface area contributed by atoms with E-state index in [2.05, 4.69) is 10.6 Å². The van der Waals surface area contributed by atoms with Crippen LogP contribution in [-0.2, 0) is 15.3 Å². The maximum Gasteiger partial charge on any atom is 0.239 e. The predicted octanol–water partition coefficient (Wildman–Crippen LogP) is 2.09. The Morgan fingerprint density at radius 2 is 1.76 bits per heavy atom. The molecular formula is C15H21FN2O2S. The second-order valence-electron chi connectivity index (χ2n) is 5.69. The maximum absolute atomic E-state index is 12.7. The van der Waals surface area contributed by atoms with Gasteiger partial charge in [-0.3, -0.25) is 9.59 Å². The van der Waals surface area contributed by atoms with Crippen molar-refractivity contribution in [3.63, 3.8) is 0 Å². The minimum atomic E-state index is -0.306. The normalized spacial score (nSPS) is 11.0. The van der Waals surface area contributed by atoms with Crippen molar-refractivity contribution in [1.29, 1.82) is 0 Å². The summed E-state index contributed by atoms with van der Waals surface area (Å²) in [4.78, 5) is 23.1. The van der Waals surface area contributed by atoms with E-state index in [4.69, 9.17) is 0 Å². The van der Waals surface area contributed by atoms with Gasteiger partial charge in [0, 0.05) is 11.3 Å². The molecule has 1 aromatic rings. The summed E-state index contributed by atoms with van der Waals surface area (Å²) >= 11 is 1.42. The lowest BCUT2D eigenvalue weighted by Gasteiger charge is -2.20. The summed E-state index contributed by atoms with van der Waals surface area (Å²) in [7, 11) is 0.